The van der Waals surface area contributed by atoms with E-state index in [1.807, 2.05) is 0 Å². The lowest BCUT2D eigenvalue weighted by Gasteiger charge is -2.62. The first-order valence-electron chi connectivity index (χ1n) is 12.3. The van der Waals surface area contributed by atoms with Crippen molar-refractivity contribution in [2.75, 3.05) is 7.05 Å². The fourth-order valence-corrected chi connectivity index (χ4v) is 8.86. The minimum Gasteiger partial charge on any atom is -0.393 e. The highest BCUT2D eigenvalue weighted by molar-refractivity contribution is 5.75. The number of aliphatic hydroxyl groups excluding tert-OH is 2. The Morgan fingerprint density at radius 1 is 1.03 bits per heavy atom. The lowest BCUT2D eigenvalue weighted by atomic mass is 9.43. The van der Waals surface area contributed by atoms with E-state index in [0.717, 1.165) is 32.1 Å². The molecule has 166 valence electrons. The molecule has 4 aliphatic rings. The second kappa shape index (κ2) is 7.82. The third-order valence-corrected chi connectivity index (χ3v) is 10.5. The summed E-state index contributed by atoms with van der Waals surface area (Å²) in [5, 5.41) is 24.3. The van der Waals surface area contributed by atoms with Gasteiger partial charge in [0, 0.05) is 13.5 Å². The van der Waals surface area contributed by atoms with Gasteiger partial charge >= 0.3 is 0 Å². The Morgan fingerprint density at radius 2 is 1.72 bits per heavy atom. The largest absolute Gasteiger partial charge is 0.393 e. The number of rotatable bonds is 4. The monoisotopic (exact) mass is 405 g/mol. The molecule has 0 aliphatic heterocycles. The Kier molecular flexibility index (Phi) is 5.83. The van der Waals surface area contributed by atoms with Crippen LogP contribution >= 0.6 is 0 Å². The van der Waals surface area contributed by atoms with Gasteiger partial charge < -0.3 is 15.5 Å². The van der Waals surface area contributed by atoms with Crippen molar-refractivity contribution in [2.45, 2.75) is 97.2 Å². The SMILES string of the molecule is CNC(=O)CC[C@@H](C)[C@H]1CC[C@H]2[C@@H]3[C@@H](O)C[C@@H]4C[C@H](O)CC[C@]4(C)[C@H]3CC[C@]12C. The number of carbonyl (C=O) groups excluding carboxylic acids is 1. The summed E-state index contributed by atoms with van der Waals surface area (Å²) in [4.78, 5) is 11.8. The van der Waals surface area contributed by atoms with Gasteiger partial charge in [-0.15, -0.1) is 0 Å². The topological polar surface area (TPSA) is 69.6 Å². The normalized spacial score (nSPS) is 50.2. The van der Waals surface area contributed by atoms with Crippen molar-refractivity contribution in [1.29, 1.82) is 0 Å². The fraction of sp³-hybridized carbons (Fsp3) is 0.960. The van der Waals surface area contributed by atoms with Gasteiger partial charge in [0.15, 0.2) is 0 Å². The molecule has 4 aliphatic carbocycles. The molecule has 0 spiro atoms. The summed E-state index contributed by atoms with van der Waals surface area (Å²) in [6.07, 6.45) is 10.1. The van der Waals surface area contributed by atoms with E-state index in [9.17, 15) is 15.0 Å². The van der Waals surface area contributed by atoms with Crippen LogP contribution in [0.4, 0.5) is 0 Å². The number of fused-ring (bicyclic) bond motifs is 5. The van der Waals surface area contributed by atoms with Crippen LogP contribution in [0.2, 0.25) is 0 Å². The average Bonchev–Trinajstić information content (AvgIpc) is 3.04. The predicted molar refractivity (Wildman–Crippen MR) is 115 cm³/mol. The van der Waals surface area contributed by atoms with Gasteiger partial charge in [0.05, 0.1) is 12.2 Å². The van der Waals surface area contributed by atoms with Gasteiger partial charge in [-0.25, -0.2) is 0 Å². The van der Waals surface area contributed by atoms with E-state index in [0.29, 0.717) is 52.8 Å². The number of nitrogens with one attached hydrogen (secondary N) is 1. The maximum atomic E-state index is 11.8. The minimum atomic E-state index is -0.201. The van der Waals surface area contributed by atoms with Crippen molar-refractivity contribution in [3.05, 3.63) is 0 Å². The van der Waals surface area contributed by atoms with Crippen LogP contribution in [0.15, 0.2) is 0 Å². The Labute approximate surface area is 177 Å². The summed E-state index contributed by atoms with van der Waals surface area (Å²) in [6.45, 7) is 7.34. The number of aliphatic hydroxyl groups is 2. The van der Waals surface area contributed by atoms with Crippen LogP contribution in [0.5, 0.6) is 0 Å². The van der Waals surface area contributed by atoms with Crippen LogP contribution in [-0.2, 0) is 4.79 Å². The summed E-state index contributed by atoms with van der Waals surface area (Å²) in [5.41, 5.74) is 0.606. The zero-order valence-electron chi connectivity index (χ0n) is 19.0. The molecule has 29 heavy (non-hydrogen) atoms. The quantitative estimate of drug-likeness (QED) is 0.658. The minimum absolute atomic E-state index is 0.154. The molecular weight excluding hydrogens is 362 g/mol. The van der Waals surface area contributed by atoms with Gasteiger partial charge in [-0.05, 0) is 104 Å². The zero-order chi connectivity index (χ0) is 21.0. The van der Waals surface area contributed by atoms with E-state index < -0.39 is 0 Å². The van der Waals surface area contributed by atoms with Crippen molar-refractivity contribution in [3.8, 4) is 0 Å². The lowest BCUT2D eigenvalue weighted by Crippen LogP contribution is -2.58. The molecule has 4 rings (SSSR count). The molecule has 0 heterocycles. The Balaban J connectivity index is 1.53. The maximum absolute atomic E-state index is 11.8. The van der Waals surface area contributed by atoms with Gasteiger partial charge in [0.1, 0.15) is 0 Å². The van der Waals surface area contributed by atoms with Crippen molar-refractivity contribution >= 4 is 5.91 Å². The van der Waals surface area contributed by atoms with Crippen LogP contribution < -0.4 is 5.32 Å². The van der Waals surface area contributed by atoms with Crippen LogP contribution in [-0.4, -0.2) is 35.4 Å². The van der Waals surface area contributed by atoms with Crippen LogP contribution in [0.25, 0.3) is 0 Å². The lowest BCUT2D eigenvalue weighted by molar-refractivity contribution is -0.174. The van der Waals surface area contributed by atoms with E-state index in [1.54, 1.807) is 7.05 Å². The van der Waals surface area contributed by atoms with E-state index in [-0.39, 0.29) is 18.1 Å². The first kappa shape index (κ1) is 21.6. The van der Waals surface area contributed by atoms with E-state index >= 15 is 0 Å². The molecule has 1 amide bonds. The molecule has 3 N–H and O–H groups in total. The Bertz CT molecular complexity index is 623. The third-order valence-electron chi connectivity index (χ3n) is 10.5. The van der Waals surface area contributed by atoms with Gasteiger partial charge in [-0.1, -0.05) is 20.8 Å². The second-order valence-electron chi connectivity index (χ2n) is 11.6. The average molecular weight is 406 g/mol. The van der Waals surface area contributed by atoms with Crippen molar-refractivity contribution in [3.63, 3.8) is 0 Å². The molecule has 0 saturated heterocycles. The third kappa shape index (κ3) is 3.46. The zero-order valence-corrected chi connectivity index (χ0v) is 19.0. The molecule has 10 atom stereocenters. The molecule has 4 fully saturated rings. The highest BCUT2D eigenvalue weighted by Gasteiger charge is 2.62. The van der Waals surface area contributed by atoms with Crippen molar-refractivity contribution in [2.24, 2.45) is 46.3 Å². The summed E-state index contributed by atoms with van der Waals surface area (Å²) in [5.74, 6) is 3.53. The van der Waals surface area contributed by atoms with Crippen LogP contribution in [0.3, 0.4) is 0 Å². The number of amides is 1. The maximum Gasteiger partial charge on any atom is 0.219 e. The predicted octanol–water partition coefficient (Wildman–Crippen LogP) is 4.14. The van der Waals surface area contributed by atoms with E-state index in [4.69, 9.17) is 0 Å². The number of carbonyl (C=O) groups is 1. The molecule has 0 bridgehead atoms. The van der Waals surface area contributed by atoms with Crippen molar-refractivity contribution in [1.82, 2.24) is 5.32 Å². The summed E-state index contributed by atoms with van der Waals surface area (Å²) in [7, 11) is 1.73. The van der Waals surface area contributed by atoms with E-state index in [1.165, 1.54) is 25.7 Å². The van der Waals surface area contributed by atoms with Gasteiger partial charge in [-0.2, -0.15) is 0 Å². The van der Waals surface area contributed by atoms with Gasteiger partial charge in [0.2, 0.25) is 5.91 Å². The smallest absolute Gasteiger partial charge is 0.219 e. The second-order valence-corrected chi connectivity index (χ2v) is 11.6. The van der Waals surface area contributed by atoms with E-state index in [2.05, 4.69) is 26.1 Å². The molecule has 0 aromatic heterocycles. The molecular formula is C25H43NO3. The molecule has 4 heteroatoms. The number of hydrogen-bond donors (Lipinski definition) is 3. The molecule has 4 saturated carbocycles. The highest BCUT2D eigenvalue weighted by atomic mass is 16.3. The summed E-state index contributed by atoms with van der Waals surface area (Å²) < 4.78 is 0. The van der Waals surface area contributed by atoms with Crippen LogP contribution in [0.1, 0.15) is 85.0 Å². The Hall–Kier alpha value is -0.610. The molecule has 0 radical (unpaired) electrons. The fourth-order valence-electron chi connectivity index (χ4n) is 8.86. The van der Waals surface area contributed by atoms with Crippen molar-refractivity contribution < 1.29 is 15.0 Å². The molecule has 0 unspecified atom stereocenters. The Morgan fingerprint density at radius 3 is 2.45 bits per heavy atom. The van der Waals surface area contributed by atoms with Gasteiger partial charge in [-0.3, -0.25) is 4.79 Å². The molecule has 0 aromatic rings. The summed E-state index contributed by atoms with van der Waals surface area (Å²) in [6, 6.07) is 0. The standard InChI is InChI=1S/C25H43NO3/c1-15(5-8-22(29)26-4)18-6-7-19-23-20(10-12-25(18,19)3)24(2)11-9-17(27)13-16(24)14-21(23)28/h15-21,23,27-28H,5-14H2,1-4H3,(H,26,29)/t15-,16+,17-,18-,19+,20+,21+,23+,24+,25-/m1/s1. The van der Waals surface area contributed by atoms with Gasteiger partial charge in [0.25, 0.3) is 0 Å². The van der Waals surface area contributed by atoms with Crippen LogP contribution in [0, 0.1) is 46.3 Å². The molecule has 0 aromatic carbocycles. The summed E-state index contributed by atoms with van der Waals surface area (Å²) >= 11 is 0. The number of hydrogen-bond acceptors (Lipinski definition) is 3. The first-order chi connectivity index (χ1) is 13.7. The molecule has 4 nitrogen and oxygen atoms in total. The highest BCUT2D eigenvalue weighted by Crippen LogP contribution is 2.68. The first-order valence-corrected chi connectivity index (χ1v) is 12.3.